The van der Waals surface area contributed by atoms with Crippen LogP contribution in [0.4, 0.5) is 5.95 Å². The number of hydrogen-bond donors (Lipinski definition) is 3. The van der Waals surface area contributed by atoms with E-state index in [1.54, 1.807) is 12.1 Å². The quantitative estimate of drug-likeness (QED) is 0.384. The van der Waals surface area contributed by atoms with Gasteiger partial charge in [0.05, 0.1) is 28.3 Å². The van der Waals surface area contributed by atoms with Gasteiger partial charge >= 0.3 is 0 Å². The van der Waals surface area contributed by atoms with Gasteiger partial charge in [-0.1, -0.05) is 12.1 Å². The van der Waals surface area contributed by atoms with Crippen molar-refractivity contribution in [2.24, 2.45) is 5.10 Å². The zero-order valence-electron chi connectivity index (χ0n) is 14.2. The highest BCUT2D eigenvalue weighted by atomic mass is 16.6. The van der Waals surface area contributed by atoms with Gasteiger partial charge in [-0.05, 0) is 24.3 Å². The minimum Gasteiger partial charge on any atom is -0.486 e. The molecule has 1 aliphatic heterocycles. The Labute approximate surface area is 152 Å². The minimum absolute atomic E-state index is 0.241. The number of fused-ring (bicyclic) bond motifs is 3. The second-order valence-corrected chi connectivity index (χ2v) is 6.11. The highest BCUT2D eigenvalue weighted by molar-refractivity contribution is 5.89. The Balaban J connectivity index is 1.44. The third-order valence-corrected chi connectivity index (χ3v) is 4.30. The molecule has 5 rings (SSSR count). The van der Waals surface area contributed by atoms with Crippen molar-refractivity contribution in [3.8, 4) is 11.5 Å². The number of nitrogens with one attached hydrogen (secondary N) is 3. The van der Waals surface area contributed by atoms with E-state index in [-0.39, 0.29) is 5.56 Å². The molecule has 27 heavy (non-hydrogen) atoms. The summed E-state index contributed by atoms with van der Waals surface area (Å²) in [4.78, 5) is 22.6. The average Bonchev–Trinajstić information content (AvgIpc) is 3.10. The molecular formula is C19H15N5O3. The Morgan fingerprint density at radius 2 is 1.85 bits per heavy atom. The van der Waals surface area contributed by atoms with Gasteiger partial charge in [0, 0.05) is 11.5 Å². The highest BCUT2D eigenvalue weighted by Gasteiger charge is 2.13. The van der Waals surface area contributed by atoms with E-state index >= 15 is 0 Å². The van der Waals surface area contributed by atoms with Gasteiger partial charge < -0.3 is 19.4 Å². The maximum absolute atomic E-state index is 12.3. The number of nitrogens with zero attached hydrogens (tertiary/aromatic N) is 2. The lowest BCUT2D eigenvalue weighted by Gasteiger charge is -2.18. The first-order valence-electron chi connectivity index (χ1n) is 8.47. The Morgan fingerprint density at radius 1 is 1.04 bits per heavy atom. The predicted molar refractivity (Wildman–Crippen MR) is 103 cm³/mol. The van der Waals surface area contributed by atoms with Crippen molar-refractivity contribution < 1.29 is 9.47 Å². The Bertz CT molecular complexity index is 1210. The average molecular weight is 361 g/mol. The van der Waals surface area contributed by atoms with Crippen molar-refractivity contribution in [1.82, 2.24) is 15.0 Å². The van der Waals surface area contributed by atoms with Crippen LogP contribution in [0.25, 0.3) is 21.9 Å². The molecule has 0 fully saturated rings. The maximum atomic E-state index is 12.3. The van der Waals surface area contributed by atoms with Gasteiger partial charge in [0.1, 0.15) is 13.2 Å². The van der Waals surface area contributed by atoms with Gasteiger partial charge in [-0.25, -0.2) is 10.4 Å². The maximum Gasteiger partial charge on any atom is 0.257 e. The third-order valence-electron chi connectivity index (χ3n) is 4.30. The summed E-state index contributed by atoms with van der Waals surface area (Å²) in [6.07, 6.45) is 1.46. The normalized spacial score (nSPS) is 13.5. The van der Waals surface area contributed by atoms with Gasteiger partial charge in [0.15, 0.2) is 11.5 Å². The van der Waals surface area contributed by atoms with E-state index in [1.807, 2.05) is 30.3 Å². The number of H-pyrrole nitrogens is 2. The van der Waals surface area contributed by atoms with Crippen LogP contribution < -0.4 is 20.5 Å². The van der Waals surface area contributed by atoms with Crippen LogP contribution in [0.3, 0.4) is 0 Å². The van der Waals surface area contributed by atoms with Crippen molar-refractivity contribution >= 4 is 34.1 Å². The van der Waals surface area contributed by atoms with Crippen LogP contribution in [0.2, 0.25) is 0 Å². The molecule has 8 nitrogen and oxygen atoms in total. The molecule has 0 amide bonds. The number of aromatic nitrogens is 3. The molecule has 0 aliphatic carbocycles. The summed E-state index contributed by atoms with van der Waals surface area (Å²) in [5.41, 5.74) is 5.42. The van der Waals surface area contributed by atoms with Crippen LogP contribution in [0.15, 0.2) is 52.4 Å². The van der Waals surface area contributed by atoms with Gasteiger partial charge in [-0.3, -0.25) is 4.79 Å². The molecular weight excluding hydrogens is 346 g/mol. The number of aromatic amines is 2. The first-order chi connectivity index (χ1) is 13.3. The second kappa shape index (κ2) is 6.17. The first kappa shape index (κ1) is 15.4. The number of ether oxygens (including phenoxy) is 2. The standard InChI is InChI=1S/C19H15N5O3/c25-18-12(10-20-24-19-22-13-3-1-2-4-14(13)23-19)7-11-8-16-17(9-15(11)21-18)27-6-5-26-16/h1-4,7-10H,5-6H2,(H,21,25)(H2,22,23,24)/b20-10+. The van der Waals surface area contributed by atoms with E-state index in [2.05, 4.69) is 25.5 Å². The van der Waals surface area contributed by atoms with Gasteiger partial charge in [0.2, 0.25) is 5.95 Å². The van der Waals surface area contributed by atoms with Crippen molar-refractivity contribution in [3.05, 3.63) is 58.4 Å². The lowest BCUT2D eigenvalue weighted by atomic mass is 10.1. The molecule has 134 valence electrons. The molecule has 0 radical (unpaired) electrons. The number of hydrazone groups is 1. The summed E-state index contributed by atoms with van der Waals surface area (Å²) in [7, 11) is 0. The van der Waals surface area contributed by atoms with E-state index < -0.39 is 0 Å². The number of para-hydroxylation sites is 2. The van der Waals surface area contributed by atoms with Gasteiger partial charge in [-0.2, -0.15) is 5.10 Å². The van der Waals surface area contributed by atoms with Crippen molar-refractivity contribution in [3.63, 3.8) is 0 Å². The predicted octanol–water partition coefficient (Wildman–Crippen LogP) is 2.62. The lowest BCUT2D eigenvalue weighted by molar-refractivity contribution is 0.172. The SMILES string of the molecule is O=c1[nH]c2cc3c(cc2cc1/C=N/Nc1nc2ccccc2[nH]1)OCCO3. The number of benzene rings is 2. The molecule has 2 aromatic carbocycles. The zero-order valence-corrected chi connectivity index (χ0v) is 14.2. The Hall–Kier alpha value is -3.81. The first-order valence-corrected chi connectivity index (χ1v) is 8.47. The van der Waals surface area contributed by atoms with Crippen LogP contribution >= 0.6 is 0 Å². The van der Waals surface area contributed by atoms with Crippen molar-refractivity contribution in [2.75, 3.05) is 18.6 Å². The van der Waals surface area contributed by atoms with Gasteiger partial charge in [0.25, 0.3) is 5.56 Å². The fourth-order valence-corrected chi connectivity index (χ4v) is 3.02. The monoisotopic (exact) mass is 361 g/mol. The van der Waals surface area contributed by atoms with E-state index in [1.165, 1.54) is 6.21 Å². The number of anilines is 1. The summed E-state index contributed by atoms with van der Waals surface area (Å²) in [6.45, 7) is 1.01. The largest absolute Gasteiger partial charge is 0.486 e. The smallest absolute Gasteiger partial charge is 0.257 e. The third kappa shape index (κ3) is 2.86. The summed E-state index contributed by atoms with van der Waals surface area (Å²) >= 11 is 0. The lowest BCUT2D eigenvalue weighted by Crippen LogP contribution is -2.16. The molecule has 0 spiro atoms. The van der Waals surface area contributed by atoms with Crippen molar-refractivity contribution in [1.29, 1.82) is 0 Å². The Morgan fingerprint density at radius 3 is 2.70 bits per heavy atom. The zero-order chi connectivity index (χ0) is 18.2. The van der Waals surface area contributed by atoms with Crippen LogP contribution in [-0.2, 0) is 0 Å². The van der Waals surface area contributed by atoms with E-state index in [0.717, 1.165) is 16.4 Å². The molecule has 8 heteroatoms. The minimum atomic E-state index is -0.241. The van der Waals surface area contributed by atoms with E-state index in [0.29, 0.717) is 41.7 Å². The van der Waals surface area contributed by atoms with E-state index in [4.69, 9.17) is 9.47 Å². The van der Waals surface area contributed by atoms with Gasteiger partial charge in [-0.15, -0.1) is 0 Å². The summed E-state index contributed by atoms with van der Waals surface area (Å²) in [5.74, 6) is 1.81. The molecule has 0 saturated carbocycles. The van der Waals surface area contributed by atoms with Crippen LogP contribution in [0.5, 0.6) is 11.5 Å². The number of hydrogen-bond acceptors (Lipinski definition) is 6. The molecule has 0 saturated heterocycles. The van der Waals surface area contributed by atoms with Crippen LogP contribution in [-0.4, -0.2) is 34.4 Å². The summed E-state index contributed by atoms with van der Waals surface area (Å²) in [5, 5.41) is 4.95. The van der Waals surface area contributed by atoms with E-state index in [9.17, 15) is 4.79 Å². The highest BCUT2D eigenvalue weighted by Crippen LogP contribution is 2.33. The molecule has 3 heterocycles. The molecule has 0 bridgehead atoms. The van der Waals surface area contributed by atoms with Crippen LogP contribution in [0.1, 0.15) is 5.56 Å². The number of pyridine rings is 1. The molecule has 2 aromatic heterocycles. The van der Waals surface area contributed by atoms with Crippen LogP contribution in [0, 0.1) is 0 Å². The fourth-order valence-electron chi connectivity index (χ4n) is 3.02. The molecule has 1 aliphatic rings. The molecule has 4 aromatic rings. The van der Waals surface area contributed by atoms with Crippen molar-refractivity contribution in [2.45, 2.75) is 0 Å². The number of imidazole rings is 1. The fraction of sp³-hybridized carbons (Fsp3) is 0.105. The molecule has 3 N–H and O–H groups in total. The molecule has 0 atom stereocenters. The second-order valence-electron chi connectivity index (χ2n) is 6.11. The Kier molecular flexibility index (Phi) is 3.53. The summed E-state index contributed by atoms with van der Waals surface area (Å²) in [6, 6.07) is 13.1. The summed E-state index contributed by atoms with van der Waals surface area (Å²) < 4.78 is 11.1. The molecule has 0 unspecified atom stereocenters. The topological polar surface area (TPSA) is 104 Å². The number of rotatable bonds is 3.